The first-order valence-corrected chi connectivity index (χ1v) is 45.2. The van der Waals surface area contributed by atoms with E-state index in [0.717, 1.165) is 65.2 Å². The van der Waals surface area contributed by atoms with E-state index >= 15 is 0 Å². The van der Waals surface area contributed by atoms with Crippen LogP contribution in [-0.2, 0) is 80.7 Å². The Morgan fingerprint density at radius 1 is 0.333 bits per heavy atom. The molecule has 14 unspecified atom stereocenters. The van der Waals surface area contributed by atoms with Crippen LogP contribution >= 0.6 is 0 Å². The zero-order valence-electron chi connectivity index (χ0n) is 72.4. The van der Waals surface area contributed by atoms with Crippen LogP contribution in [0.1, 0.15) is 234 Å². The molecule has 7 heterocycles. The van der Waals surface area contributed by atoms with E-state index in [9.17, 15) is 111 Å². The average molecular weight is 1780 g/mol. The third kappa shape index (κ3) is 31.8. The van der Waals surface area contributed by atoms with E-state index in [2.05, 4.69) is 29.8 Å². The number of allylic oxidation sites excluding steroid dienone is 1. The molecule has 3 amide bonds. The van der Waals surface area contributed by atoms with E-state index in [1.807, 2.05) is 6.08 Å². The minimum Gasteiger partial charge on any atom is -0.394 e. The molecule has 7 fully saturated rings. The number of amides is 3. The molecule has 718 valence electrons. The molecular formula is C84H151N3O36. The number of nitrogens with one attached hydrogen (secondary N) is 3. The molecule has 7 aliphatic heterocycles. The maximum Gasteiger partial charge on any atom is 0.220 e. The van der Waals surface area contributed by atoms with Gasteiger partial charge in [-0.2, -0.15) is 0 Å². The lowest BCUT2D eigenvalue weighted by atomic mass is 9.93. The van der Waals surface area contributed by atoms with E-state index in [1.54, 1.807) is 6.08 Å². The molecule has 0 saturated carbocycles. The number of carbonyl (C=O) groups excluding carboxylic acids is 3. The Kier molecular flexibility index (Phi) is 48.5. The smallest absolute Gasteiger partial charge is 0.220 e. The largest absolute Gasteiger partial charge is 0.394 e. The molecule has 39 nitrogen and oxygen atoms in total. The van der Waals surface area contributed by atoms with Gasteiger partial charge in [-0.15, -0.1) is 0 Å². The highest BCUT2D eigenvalue weighted by molar-refractivity contribution is 5.76. The summed E-state index contributed by atoms with van der Waals surface area (Å²) in [6.45, 7) is 3.08. The van der Waals surface area contributed by atoms with Crippen LogP contribution in [0.25, 0.3) is 0 Å². The fourth-order valence-corrected chi connectivity index (χ4v) is 16.8. The predicted molar refractivity (Wildman–Crippen MR) is 433 cm³/mol. The zero-order chi connectivity index (χ0) is 90.0. The van der Waals surface area contributed by atoms with Crippen LogP contribution in [0.4, 0.5) is 0 Å². The summed E-state index contributed by atoms with van der Waals surface area (Å²) in [6, 6.07) is -4.92. The van der Waals surface area contributed by atoms with Crippen LogP contribution in [0.3, 0.4) is 0 Å². The third-order valence-corrected chi connectivity index (χ3v) is 24.3. The lowest BCUT2D eigenvalue weighted by Gasteiger charge is -2.53. The summed E-state index contributed by atoms with van der Waals surface area (Å²) < 4.78 is 86.3. The Bertz CT molecular complexity index is 2930. The minimum atomic E-state index is -2.34. The number of aliphatic hydroxyl groups is 19. The topological polar surface area (TPSA) is 601 Å². The first-order valence-electron chi connectivity index (χ1n) is 45.2. The first kappa shape index (κ1) is 107. The van der Waals surface area contributed by atoms with Crippen molar-refractivity contribution in [1.82, 2.24) is 16.0 Å². The summed E-state index contributed by atoms with van der Waals surface area (Å²) in [4.78, 5) is 40.2. The molecule has 7 rings (SSSR count). The quantitative estimate of drug-likeness (QED) is 0.0237. The van der Waals surface area contributed by atoms with E-state index in [-0.39, 0.29) is 12.3 Å². The van der Waals surface area contributed by atoms with Gasteiger partial charge in [0.1, 0.15) is 159 Å². The van der Waals surface area contributed by atoms with Gasteiger partial charge in [0.15, 0.2) is 44.0 Å². The second kappa shape index (κ2) is 55.9. The van der Waals surface area contributed by atoms with Gasteiger partial charge in [-0.1, -0.05) is 193 Å². The summed E-state index contributed by atoms with van der Waals surface area (Å²) in [5.41, 5.74) is 0. The summed E-state index contributed by atoms with van der Waals surface area (Å²) in [5.74, 6) is -2.18. The van der Waals surface area contributed by atoms with Crippen molar-refractivity contribution in [3.8, 4) is 0 Å². The standard InChI is InChI=1S/C84H151N3O36/c1-7-9-11-13-15-17-19-21-22-23-24-26-28-30-32-34-36-38-56(96)87-49(50(95)37-35-33-31-29-27-25-20-18-16-14-12-10-8-2)44-110-80-70(108)67(105)72(54(42-91)117-80)118-83-71(109)75(62(100)52(40-89)114-83)121-79-58(86-48(6)94)74(73(55(43-92)116-79)119-81-68(106)65(103)59(97)45(3)111-81)120-84-77(123-82-69(107)66(104)60(98)46(4)112-82)76(63(101)53(41-90)115-84)122-78-57(85-47(5)93)64(102)61(99)51(39-88)113-78/h35,37,45-46,49-55,57-84,88-92,95,97-109H,7-34,36,38-44H2,1-6H3,(H,85,93)(H,86,94)(H,87,96)/b37-35+/t45?,46?,49-,50+,51?,52?,53?,54?,55?,57?,58?,59+,60+,61-,62-,63-,64+,65?,66?,67+,68-,69-,70?,71?,72+,73+,74+,75-,76-,77?,78+,79-,80+,81+,82+,83-,84-/m0/s1. The maximum atomic E-state index is 13.8. The molecule has 39 heteroatoms. The van der Waals surface area contributed by atoms with Crippen molar-refractivity contribution in [3.05, 3.63) is 12.2 Å². The van der Waals surface area contributed by atoms with Crippen LogP contribution in [0, 0.1) is 0 Å². The van der Waals surface area contributed by atoms with Gasteiger partial charge in [0.25, 0.3) is 0 Å². The molecule has 37 atom stereocenters. The fraction of sp³-hybridized carbons (Fsp3) is 0.940. The molecule has 0 radical (unpaired) electrons. The molecule has 123 heavy (non-hydrogen) atoms. The lowest BCUT2D eigenvalue weighted by Crippen LogP contribution is -2.72. The SMILES string of the molecule is CCCCCCCCCCCCC/C=C/[C@@H](O)[C@H](CO[C@@H]1OC(CO)[C@@H](O[C@@H]2OC(CO)[C@H](O)[C@H](O[C@@H]3OC(CO)[C@@H](O[C@H]4OC(C)[C@@H](O)C(O)[C@@H]4O)[C@H](O[C@@H]4OC(CO)[C@H](O)[C@H](O[C@H]5OC(CO)[C@H](O)[C@H](O)C5NC(C)=O)C4O[C@H]4OC(C)[C@@H](O)C(O)[C@@H]4O)C3NC(C)=O)C2O)[C@H](O)C1O)NC(=O)CCCCCCCCCCCCCCCCCCC. The Labute approximate surface area is 721 Å². The highest BCUT2D eigenvalue weighted by atomic mass is 16.8. The molecule has 0 spiro atoms. The first-order chi connectivity index (χ1) is 59.0. The van der Waals surface area contributed by atoms with Gasteiger partial charge in [0.05, 0.1) is 64.0 Å². The van der Waals surface area contributed by atoms with Crippen molar-refractivity contribution >= 4 is 17.7 Å². The number of carbonyl (C=O) groups is 3. The second-order valence-electron chi connectivity index (χ2n) is 34.1. The molecule has 7 aliphatic rings. The van der Waals surface area contributed by atoms with E-state index in [1.165, 1.54) is 136 Å². The van der Waals surface area contributed by atoms with Crippen molar-refractivity contribution in [2.24, 2.45) is 0 Å². The van der Waals surface area contributed by atoms with Crippen LogP contribution in [0.2, 0.25) is 0 Å². The highest BCUT2D eigenvalue weighted by Crippen LogP contribution is 2.41. The van der Waals surface area contributed by atoms with Gasteiger partial charge >= 0.3 is 0 Å². The van der Waals surface area contributed by atoms with Crippen molar-refractivity contribution in [2.75, 3.05) is 39.6 Å². The Hall–Kier alpha value is -3.17. The van der Waals surface area contributed by atoms with E-state index < -0.39 is 278 Å². The van der Waals surface area contributed by atoms with Crippen molar-refractivity contribution in [3.63, 3.8) is 0 Å². The maximum absolute atomic E-state index is 13.8. The number of ether oxygens (including phenoxy) is 14. The van der Waals surface area contributed by atoms with Crippen molar-refractivity contribution in [2.45, 2.75) is 461 Å². The monoisotopic (exact) mass is 1780 g/mol. The molecule has 7 saturated heterocycles. The van der Waals surface area contributed by atoms with Crippen LogP contribution in [-0.4, -0.2) is 381 Å². The number of unbranched alkanes of at least 4 members (excludes halogenated alkanes) is 27. The molecule has 22 N–H and O–H groups in total. The number of rotatable bonds is 55. The van der Waals surface area contributed by atoms with Gasteiger partial charge in [0.2, 0.25) is 17.7 Å². The molecule has 0 bridgehead atoms. The Balaban J connectivity index is 1.11. The fourth-order valence-electron chi connectivity index (χ4n) is 16.8. The van der Waals surface area contributed by atoms with Gasteiger partial charge in [-0.25, -0.2) is 0 Å². The van der Waals surface area contributed by atoms with E-state index in [0.29, 0.717) is 12.8 Å². The summed E-state index contributed by atoms with van der Waals surface area (Å²) >= 11 is 0. The second-order valence-corrected chi connectivity index (χ2v) is 34.1. The Morgan fingerprint density at radius 2 is 0.691 bits per heavy atom. The molecular weight excluding hydrogens is 1630 g/mol. The predicted octanol–water partition coefficient (Wildman–Crippen LogP) is -1.76. The highest BCUT2D eigenvalue weighted by Gasteiger charge is 2.61. The summed E-state index contributed by atoms with van der Waals surface area (Å²) in [6.07, 6.45) is -30.2. The van der Waals surface area contributed by atoms with Gasteiger partial charge < -0.3 is 179 Å². The number of hydrogen-bond donors (Lipinski definition) is 22. The molecule has 0 aliphatic carbocycles. The number of hydrogen-bond acceptors (Lipinski definition) is 36. The lowest BCUT2D eigenvalue weighted by molar-refractivity contribution is -0.408. The summed E-state index contributed by atoms with van der Waals surface area (Å²) in [7, 11) is 0. The minimum absolute atomic E-state index is 0.148. The van der Waals surface area contributed by atoms with Crippen molar-refractivity contribution in [1.29, 1.82) is 0 Å². The zero-order valence-corrected chi connectivity index (χ0v) is 72.4. The molecule has 0 aromatic carbocycles. The van der Waals surface area contributed by atoms with Crippen molar-refractivity contribution < 1.29 is 178 Å². The molecule has 0 aromatic rings. The van der Waals surface area contributed by atoms with Crippen LogP contribution < -0.4 is 16.0 Å². The van der Waals surface area contributed by atoms with Gasteiger partial charge in [-0.3, -0.25) is 14.4 Å². The average Bonchev–Trinajstić information content (AvgIpc) is 0.751. The van der Waals surface area contributed by atoms with Gasteiger partial charge in [0, 0.05) is 20.3 Å². The molecule has 0 aromatic heterocycles. The van der Waals surface area contributed by atoms with Crippen LogP contribution in [0.15, 0.2) is 12.2 Å². The Morgan fingerprint density at radius 3 is 1.18 bits per heavy atom. The normalized spacial score (nSPS) is 38.7. The van der Waals surface area contributed by atoms with Gasteiger partial charge in [-0.05, 0) is 33.1 Å². The summed E-state index contributed by atoms with van der Waals surface area (Å²) in [5, 5.41) is 224. The third-order valence-electron chi connectivity index (χ3n) is 24.3. The van der Waals surface area contributed by atoms with E-state index in [4.69, 9.17) is 66.3 Å². The number of aliphatic hydroxyl groups excluding tert-OH is 19. The van der Waals surface area contributed by atoms with Crippen LogP contribution in [0.5, 0.6) is 0 Å².